The van der Waals surface area contributed by atoms with Gasteiger partial charge in [0.25, 0.3) is 11.8 Å². The van der Waals surface area contributed by atoms with Crippen molar-refractivity contribution in [2.45, 2.75) is 20.0 Å². The summed E-state index contributed by atoms with van der Waals surface area (Å²) < 4.78 is 21.1. The third kappa shape index (κ3) is 4.38. The quantitative estimate of drug-likeness (QED) is 0.607. The lowest BCUT2D eigenvalue weighted by atomic mass is 10.2. The Kier molecular flexibility index (Phi) is 5.30. The van der Waals surface area contributed by atoms with Crippen LogP contribution in [0.2, 0.25) is 0 Å². The van der Waals surface area contributed by atoms with Crippen molar-refractivity contribution in [2.75, 3.05) is 13.2 Å². The van der Waals surface area contributed by atoms with Crippen LogP contribution < -0.4 is 20.3 Å². The maximum absolute atomic E-state index is 12.1. The first-order valence-electron chi connectivity index (χ1n) is 8.15. The number of furan rings is 1. The number of para-hydroxylation sites is 2. The molecule has 0 fully saturated rings. The molecule has 0 spiro atoms. The van der Waals surface area contributed by atoms with Crippen molar-refractivity contribution in [1.29, 1.82) is 0 Å². The van der Waals surface area contributed by atoms with Gasteiger partial charge in [0.1, 0.15) is 23.7 Å². The normalized spacial score (nSPS) is 15.0. The summed E-state index contributed by atoms with van der Waals surface area (Å²) in [7, 11) is 0. The molecule has 27 heavy (non-hydrogen) atoms. The second-order valence-electron chi connectivity index (χ2n) is 5.80. The van der Waals surface area contributed by atoms with E-state index < -0.39 is 30.5 Å². The van der Waals surface area contributed by atoms with E-state index in [-0.39, 0.29) is 12.2 Å². The van der Waals surface area contributed by atoms with E-state index in [1.807, 2.05) is 0 Å². The summed E-state index contributed by atoms with van der Waals surface area (Å²) in [6.45, 7) is 2.76. The van der Waals surface area contributed by atoms with Gasteiger partial charge in [-0.3, -0.25) is 20.4 Å². The van der Waals surface area contributed by atoms with E-state index >= 15 is 0 Å². The molecule has 3 rings (SSSR count). The van der Waals surface area contributed by atoms with Gasteiger partial charge in [-0.2, -0.15) is 0 Å². The lowest BCUT2D eigenvalue weighted by Crippen LogP contribution is -2.51. The summed E-state index contributed by atoms with van der Waals surface area (Å²) in [6, 6.07) is 8.46. The van der Waals surface area contributed by atoms with Crippen molar-refractivity contribution in [1.82, 2.24) is 10.9 Å². The van der Waals surface area contributed by atoms with Crippen molar-refractivity contribution in [2.24, 2.45) is 0 Å². The number of fused-ring (bicyclic) bond motifs is 1. The first-order valence-corrected chi connectivity index (χ1v) is 8.15. The van der Waals surface area contributed by atoms with E-state index in [9.17, 15) is 14.4 Å². The smallest absolute Gasteiger partial charge is 0.342 e. The number of nitrogens with one attached hydrogen (secondary N) is 2. The summed E-state index contributed by atoms with van der Waals surface area (Å²) in [5.74, 6) is -0.0331. The fourth-order valence-corrected chi connectivity index (χ4v) is 2.44. The molecule has 2 amide bonds. The van der Waals surface area contributed by atoms with Gasteiger partial charge in [-0.05, 0) is 32.0 Å². The van der Waals surface area contributed by atoms with Crippen molar-refractivity contribution in [3.63, 3.8) is 0 Å². The van der Waals surface area contributed by atoms with Crippen LogP contribution in [0.1, 0.15) is 21.9 Å². The topological polar surface area (TPSA) is 116 Å². The number of esters is 1. The van der Waals surface area contributed by atoms with Crippen LogP contribution in [-0.4, -0.2) is 37.1 Å². The van der Waals surface area contributed by atoms with Gasteiger partial charge in [0.2, 0.25) is 6.10 Å². The van der Waals surface area contributed by atoms with Crippen LogP contribution >= 0.6 is 0 Å². The number of hydrogen-bond acceptors (Lipinski definition) is 7. The molecule has 2 N–H and O–H groups in total. The SMILES string of the molecule is Cc1cc(C(=O)OCC(=O)NNC(=O)[C@H]2COc3ccccc3O2)c(C)o1. The number of hydrazine groups is 1. The van der Waals surface area contributed by atoms with Crippen molar-refractivity contribution < 1.29 is 33.0 Å². The Hall–Kier alpha value is -3.49. The molecule has 0 aliphatic carbocycles. The van der Waals surface area contributed by atoms with Crippen molar-refractivity contribution in [3.05, 3.63) is 47.4 Å². The largest absolute Gasteiger partial charge is 0.485 e. The highest BCUT2D eigenvalue weighted by Gasteiger charge is 2.27. The molecule has 9 heteroatoms. The summed E-state index contributed by atoms with van der Waals surface area (Å²) >= 11 is 0. The molecular formula is C18H18N2O7. The van der Waals surface area contributed by atoms with Crippen LogP contribution in [0.5, 0.6) is 11.5 Å². The van der Waals surface area contributed by atoms with Gasteiger partial charge in [-0.15, -0.1) is 0 Å². The molecule has 1 atom stereocenters. The first kappa shape index (κ1) is 18.3. The maximum atomic E-state index is 12.1. The molecular weight excluding hydrogens is 356 g/mol. The third-order valence-corrected chi connectivity index (χ3v) is 3.72. The summed E-state index contributed by atoms with van der Waals surface area (Å²) in [4.78, 5) is 35.7. The molecule has 0 unspecified atom stereocenters. The van der Waals surface area contributed by atoms with E-state index in [1.54, 1.807) is 38.1 Å². The Morgan fingerprint density at radius 2 is 1.89 bits per heavy atom. The van der Waals surface area contributed by atoms with Crippen LogP contribution in [0.4, 0.5) is 0 Å². The Morgan fingerprint density at radius 1 is 1.15 bits per heavy atom. The third-order valence-electron chi connectivity index (χ3n) is 3.72. The number of hydrogen-bond donors (Lipinski definition) is 2. The molecule has 142 valence electrons. The number of carbonyl (C=O) groups excluding carboxylic acids is 3. The van der Waals surface area contributed by atoms with Crippen LogP contribution in [0.3, 0.4) is 0 Å². The minimum atomic E-state index is -0.917. The lowest BCUT2D eigenvalue weighted by molar-refractivity contribution is -0.135. The van der Waals surface area contributed by atoms with Gasteiger partial charge in [-0.25, -0.2) is 4.79 Å². The maximum Gasteiger partial charge on any atom is 0.342 e. The van der Waals surface area contributed by atoms with Crippen LogP contribution in [0.15, 0.2) is 34.7 Å². The summed E-state index contributed by atoms with van der Waals surface area (Å²) in [5, 5.41) is 0. The van der Waals surface area contributed by atoms with Gasteiger partial charge in [0.15, 0.2) is 18.1 Å². The molecule has 0 radical (unpaired) electrons. The monoisotopic (exact) mass is 374 g/mol. The minimum absolute atomic E-state index is 0.00677. The van der Waals surface area contributed by atoms with Crippen LogP contribution in [-0.2, 0) is 14.3 Å². The molecule has 0 saturated carbocycles. The molecule has 1 aromatic carbocycles. The molecule has 0 saturated heterocycles. The zero-order valence-corrected chi connectivity index (χ0v) is 14.7. The standard InChI is InChI=1S/C18H18N2O7/c1-10-7-12(11(2)26-10)18(23)25-9-16(21)19-20-17(22)15-8-24-13-5-3-4-6-14(13)27-15/h3-7,15H,8-9H2,1-2H3,(H,19,21)(H,20,22)/t15-/m1/s1. The zero-order valence-electron chi connectivity index (χ0n) is 14.7. The number of amides is 2. The molecule has 0 bridgehead atoms. The average molecular weight is 374 g/mol. The van der Waals surface area contributed by atoms with E-state index in [0.29, 0.717) is 23.0 Å². The molecule has 2 heterocycles. The number of ether oxygens (including phenoxy) is 3. The van der Waals surface area contributed by atoms with E-state index in [1.165, 1.54) is 6.07 Å². The minimum Gasteiger partial charge on any atom is -0.485 e. The zero-order chi connectivity index (χ0) is 19.4. The lowest BCUT2D eigenvalue weighted by Gasteiger charge is -2.25. The Morgan fingerprint density at radius 3 is 2.59 bits per heavy atom. The van der Waals surface area contributed by atoms with Gasteiger partial charge in [0.05, 0.1) is 0 Å². The number of aryl methyl sites for hydroxylation is 2. The number of benzene rings is 1. The van der Waals surface area contributed by atoms with Crippen molar-refractivity contribution >= 4 is 17.8 Å². The highest BCUT2D eigenvalue weighted by molar-refractivity contribution is 5.92. The molecule has 9 nitrogen and oxygen atoms in total. The summed E-state index contributed by atoms with van der Waals surface area (Å²) in [5.41, 5.74) is 4.61. The van der Waals surface area contributed by atoms with E-state index in [4.69, 9.17) is 18.6 Å². The fraction of sp³-hybridized carbons (Fsp3) is 0.278. The van der Waals surface area contributed by atoms with Crippen LogP contribution in [0.25, 0.3) is 0 Å². The highest BCUT2D eigenvalue weighted by atomic mass is 16.6. The first-order chi connectivity index (χ1) is 12.9. The Labute approximate surface area is 154 Å². The molecule has 1 aliphatic heterocycles. The Balaban J connectivity index is 1.43. The van der Waals surface area contributed by atoms with Crippen molar-refractivity contribution in [3.8, 4) is 11.5 Å². The van der Waals surface area contributed by atoms with Crippen LogP contribution in [0, 0.1) is 13.8 Å². The van der Waals surface area contributed by atoms with Gasteiger partial charge < -0.3 is 18.6 Å². The van der Waals surface area contributed by atoms with Gasteiger partial charge in [0, 0.05) is 0 Å². The molecule has 2 aromatic rings. The summed E-state index contributed by atoms with van der Waals surface area (Å²) in [6.07, 6.45) is -0.917. The number of carbonyl (C=O) groups is 3. The second kappa shape index (κ2) is 7.81. The van der Waals surface area contributed by atoms with Gasteiger partial charge >= 0.3 is 5.97 Å². The number of rotatable bonds is 4. The van der Waals surface area contributed by atoms with E-state index in [0.717, 1.165) is 0 Å². The molecule has 1 aromatic heterocycles. The fourth-order valence-electron chi connectivity index (χ4n) is 2.44. The predicted molar refractivity (Wildman–Crippen MR) is 91.1 cm³/mol. The molecule has 1 aliphatic rings. The van der Waals surface area contributed by atoms with E-state index in [2.05, 4.69) is 10.9 Å². The Bertz CT molecular complexity index is 874. The predicted octanol–water partition coefficient (Wildman–Crippen LogP) is 1.04. The highest BCUT2D eigenvalue weighted by Crippen LogP contribution is 2.30. The van der Waals surface area contributed by atoms with Gasteiger partial charge in [-0.1, -0.05) is 12.1 Å². The average Bonchev–Trinajstić information content (AvgIpc) is 3.01. The second-order valence-corrected chi connectivity index (χ2v) is 5.80.